The van der Waals surface area contributed by atoms with Gasteiger partial charge in [-0.25, -0.2) is 9.78 Å². The third-order valence-electron chi connectivity index (χ3n) is 4.87. The molecule has 8 heteroatoms. The summed E-state index contributed by atoms with van der Waals surface area (Å²) in [6.45, 7) is 1.69. The first-order valence-corrected chi connectivity index (χ1v) is 11.6. The lowest BCUT2D eigenvalue weighted by molar-refractivity contribution is -0.139. The normalized spacial score (nSPS) is 14.1. The molecule has 1 aliphatic rings. The first kappa shape index (κ1) is 22.9. The van der Waals surface area contributed by atoms with E-state index in [0.717, 1.165) is 37.9 Å². The van der Waals surface area contributed by atoms with Crippen molar-refractivity contribution in [2.75, 3.05) is 12.4 Å². The summed E-state index contributed by atoms with van der Waals surface area (Å²) in [5.74, 6) is 1.12. The Kier molecular flexibility index (Phi) is 8.58. The van der Waals surface area contributed by atoms with Gasteiger partial charge in [0.1, 0.15) is 16.5 Å². The van der Waals surface area contributed by atoms with Crippen LogP contribution in [-0.4, -0.2) is 40.4 Å². The molecule has 1 aromatic heterocycles. The maximum Gasteiger partial charge on any atom is 0.341 e. The van der Waals surface area contributed by atoms with Crippen LogP contribution in [-0.2, 0) is 4.79 Å². The fourth-order valence-corrected chi connectivity index (χ4v) is 4.21. The summed E-state index contributed by atoms with van der Waals surface area (Å²) in [5.41, 5.74) is 0.578. The Morgan fingerprint density at radius 2 is 1.81 bits per heavy atom. The van der Waals surface area contributed by atoms with E-state index < -0.39 is 12.6 Å². The number of carboxylic acid groups (broad SMARTS) is 1. The second-order valence-electron chi connectivity index (χ2n) is 7.41. The predicted octanol–water partition coefficient (Wildman–Crippen LogP) is 4.90. The van der Waals surface area contributed by atoms with E-state index in [9.17, 15) is 9.59 Å². The topological polar surface area (TPSA) is 97.8 Å². The molecule has 31 heavy (non-hydrogen) atoms. The number of aromatic nitrogens is 1. The fourth-order valence-electron chi connectivity index (χ4n) is 3.34. The highest BCUT2D eigenvalue weighted by molar-refractivity contribution is 7.99. The molecular formula is C23H28N2O5S. The summed E-state index contributed by atoms with van der Waals surface area (Å²) < 4.78 is 11.0. The molecule has 3 rings (SSSR count). The zero-order valence-electron chi connectivity index (χ0n) is 17.6. The van der Waals surface area contributed by atoms with Crippen LogP contribution in [0.2, 0.25) is 0 Å². The van der Waals surface area contributed by atoms with Gasteiger partial charge in [-0.05, 0) is 55.3 Å². The predicted molar refractivity (Wildman–Crippen MR) is 119 cm³/mol. The van der Waals surface area contributed by atoms with E-state index in [1.54, 1.807) is 48.2 Å². The lowest BCUT2D eigenvalue weighted by atomic mass is 9.95. The second kappa shape index (κ2) is 11.6. The van der Waals surface area contributed by atoms with Gasteiger partial charge in [0, 0.05) is 12.1 Å². The number of hydrogen-bond donors (Lipinski definition) is 2. The molecule has 1 heterocycles. The Hall–Kier alpha value is -2.74. The molecule has 7 nitrogen and oxygen atoms in total. The van der Waals surface area contributed by atoms with Crippen molar-refractivity contribution in [3.8, 4) is 17.4 Å². The van der Waals surface area contributed by atoms with Crippen molar-refractivity contribution < 1.29 is 24.2 Å². The minimum Gasteiger partial charge on any atom is -0.482 e. The van der Waals surface area contributed by atoms with E-state index in [1.165, 1.54) is 6.42 Å². The van der Waals surface area contributed by atoms with Gasteiger partial charge in [-0.1, -0.05) is 26.2 Å². The lowest BCUT2D eigenvalue weighted by Gasteiger charge is -2.23. The van der Waals surface area contributed by atoms with E-state index in [2.05, 4.69) is 17.2 Å². The average molecular weight is 445 g/mol. The molecule has 1 fully saturated rings. The van der Waals surface area contributed by atoms with E-state index in [4.69, 9.17) is 14.6 Å². The van der Waals surface area contributed by atoms with Gasteiger partial charge in [-0.15, -0.1) is 11.8 Å². The Morgan fingerprint density at radius 1 is 1.10 bits per heavy atom. The van der Waals surface area contributed by atoms with Crippen LogP contribution >= 0.6 is 11.8 Å². The molecule has 1 aliphatic carbocycles. The maximum absolute atomic E-state index is 12.9. The minimum atomic E-state index is -1.03. The van der Waals surface area contributed by atoms with E-state index in [-0.39, 0.29) is 11.9 Å². The highest BCUT2D eigenvalue weighted by Crippen LogP contribution is 2.28. The van der Waals surface area contributed by atoms with Crippen molar-refractivity contribution in [2.24, 2.45) is 0 Å². The third kappa shape index (κ3) is 7.17. The number of carboxylic acids is 1. The van der Waals surface area contributed by atoms with Gasteiger partial charge < -0.3 is 19.9 Å². The number of carbonyl (C=O) groups is 2. The summed E-state index contributed by atoms with van der Waals surface area (Å²) in [5, 5.41) is 12.5. The molecule has 1 saturated carbocycles. The number of ether oxygens (including phenoxy) is 2. The number of thioether (sulfide) groups is 1. The third-order valence-corrected chi connectivity index (χ3v) is 6.07. The van der Waals surface area contributed by atoms with Crippen molar-refractivity contribution >= 4 is 23.6 Å². The molecule has 0 spiro atoms. The Balaban J connectivity index is 1.69. The van der Waals surface area contributed by atoms with E-state index in [1.807, 2.05) is 0 Å². The minimum absolute atomic E-state index is 0.0792. The maximum atomic E-state index is 12.9. The zero-order chi connectivity index (χ0) is 22.1. The second-order valence-corrected chi connectivity index (χ2v) is 8.50. The van der Waals surface area contributed by atoms with Crippen LogP contribution in [0, 0.1) is 0 Å². The molecule has 1 amide bonds. The lowest BCUT2D eigenvalue weighted by Crippen LogP contribution is -2.36. The molecule has 0 bridgehead atoms. The quantitative estimate of drug-likeness (QED) is 0.503. The Labute approximate surface area is 186 Å². The summed E-state index contributed by atoms with van der Waals surface area (Å²) in [7, 11) is 0. The Bertz CT molecular complexity index is 882. The summed E-state index contributed by atoms with van der Waals surface area (Å²) in [4.78, 5) is 28.0. The molecule has 0 saturated heterocycles. The summed E-state index contributed by atoms with van der Waals surface area (Å²) in [6.07, 6.45) is 6.60. The molecule has 0 unspecified atom stereocenters. The summed E-state index contributed by atoms with van der Waals surface area (Å²) >= 11 is 1.55. The van der Waals surface area contributed by atoms with Crippen LogP contribution in [0.15, 0.2) is 41.4 Å². The largest absolute Gasteiger partial charge is 0.482 e. The number of amides is 1. The highest BCUT2D eigenvalue weighted by atomic mass is 32.2. The molecule has 0 radical (unpaired) electrons. The number of aliphatic carboxylic acids is 1. The smallest absolute Gasteiger partial charge is 0.341 e. The number of rotatable bonds is 10. The van der Waals surface area contributed by atoms with Crippen molar-refractivity contribution in [3.63, 3.8) is 0 Å². The molecule has 2 aromatic rings. The van der Waals surface area contributed by atoms with E-state index >= 15 is 0 Å². The highest BCUT2D eigenvalue weighted by Gasteiger charge is 2.20. The molecule has 0 atom stereocenters. The van der Waals surface area contributed by atoms with Crippen LogP contribution in [0.1, 0.15) is 55.8 Å². The Morgan fingerprint density at radius 3 is 2.48 bits per heavy atom. The molecule has 2 N–H and O–H groups in total. The summed E-state index contributed by atoms with van der Waals surface area (Å²) in [6, 6.07) is 10.3. The first-order chi connectivity index (χ1) is 15.0. The van der Waals surface area contributed by atoms with Crippen molar-refractivity contribution in [1.82, 2.24) is 10.3 Å². The van der Waals surface area contributed by atoms with Gasteiger partial charge in [0.05, 0.1) is 5.56 Å². The van der Waals surface area contributed by atoms with Gasteiger partial charge in [0.2, 0.25) is 5.88 Å². The number of nitrogens with one attached hydrogen (secondary N) is 1. The van der Waals surface area contributed by atoms with Gasteiger partial charge in [0.15, 0.2) is 6.61 Å². The van der Waals surface area contributed by atoms with Crippen molar-refractivity contribution in [1.29, 1.82) is 0 Å². The molecule has 166 valence electrons. The van der Waals surface area contributed by atoms with E-state index in [0.29, 0.717) is 28.0 Å². The fraction of sp³-hybridized carbons (Fsp3) is 0.435. The SMILES string of the molecule is CCCSc1nc(Oc2ccc(OCC(=O)O)cc2)ccc1C(=O)NC1CCCCC1. The molecule has 0 aliphatic heterocycles. The average Bonchev–Trinajstić information content (AvgIpc) is 2.78. The van der Waals surface area contributed by atoms with Crippen molar-refractivity contribution in [3.05, 3.63) is 42.0 Å². The number of carbonyl (C=O) groups excluding carboxylic acids is 1. The molecule has 1 aromatic carbocycles. The first-order valence-electron chi connectivity index (χ1n) is 10.6. The number of pyridine rings is 1. The standard InChI is InChI=1S/C23H28N2O5S/c1-2-14-31-23-19(22(28)24-16-6-4-3-5-7-16)12-13-20(25-23)30-18-10-8-17(9-11-18)29-15-21(26)27/h8-13,16H,2-7,14-15H2,1H3,(H,24,28)(H,26,27). The number of nitrogens with zero attached hydrogens (tertiary/aromatic N) is 1. The number of benzene rings is 1. The monoisotopic (exact) mass is 444 g/mol. The van der Waals surface area contributed by atoms with Crippen LogP contribution < -0.4 is 14.8 Å². The number of hydrogen-bond acceptors (Lipinski definition) is 6. The van der Waals surface area contributed by atoms with Gasteiger partial charge in [-0.3, -0.25) is 4.79 Å². The van der Waals surface area contributed by atoms with Gasteiger partial charge >= 0.3 is 5.97 Å². The van der Waals surface area contributed by atoms with Crippen molar-refractivity contribution in [2.45, 2.75) is 56.5 Å². The van der Waals surface area contributed by atoms with Crippen LogP contribution in [0.4, 0.5) is 0 Å². The van der Waals surface area contributed by atoms with Crippen LogP contribution in [0.25, 0.3) is 0 Å². The van der Waals surface area contributed by atoms with Gasteiger partial charge in [-0.2, -0.15) is 0 Å². The zero-order valence-corrected chi connectivity index (χ0v) is 18.5. The molecular weight excluding hydrogens is 416 g/mol. The van der Waals surface area contributed by atoms with Crippen LogP contribution in [0.3, 0.4) is 0 Å². The van der Waals surface area contributed by atoms with Crippen LogP contribution in [0.5, 0.6) is 17.4 Å². The van der Waals surface area contributed by atoms with Gasteiger partial charge in [0.25, 0.3) is 5.91 Å².